The highest BCUT2D eigenvalue weighted by atomic mass is 16.5. The number of hydrogen-bond donors (Lipinski definition) is 2. The largest absolute Gasteiger partial charge is 0.478 e. The summed E-state index contributed by atoms with van der Waals surface area (Å²) in [6, 6.07) is 0. The number of allylic oxidation sites excluding steroid dienone is 1. The summed E-state index contributed by atoms with van der Waals surface area (Å²) in [7, 11) is 0. The van der Waals surface area contributed by atoms with Gasteiger partial charge < -0.3 is 9.84 Å². The molecule has 0 heterocycles. The number of ether oxygens (including phenoxy) is 1. The first-order valence-corrected chi connectivity index (χ1v) is 4.58. The molecule has 0 rings (SSSR count). The lowest BCUT2D eigenvalue weighted by molar-refractivity contribution is -0.158. The monoisotopic (exact) mass is 201 g/mol. The lowest BCUT2D eigenvalue weighted by Gasteiger charge is -2.22. The van der Waals surface area contributed by atoms with Crippen LogP contribution >= 0.6 is 0 Å². The fourth-order valence-corrected chi connectivity index (χ4v) is 0.794. The van der Waals surface area contributed by atoms with Crippen LogP contribution in [-0.2, 0) is 9.53 Å². The predicted octanol–water partition coefficient (Wildman–Crippen LogP) is 1.36. The molecule has 0 bridgehead atoms. The van der Waals surface area contributed by atoms with Gasteiger partial charge in [-0.25, -0.2) is 4.79 Å². The van der Waals surface area contributed by atoms with Crippen molar-refractivity contribution in [2.75, 3.05) is 6.61 Å². The molecule has 4 heteroatoms. The highest BCUT2D eigenvalue weighted by Crippen LogP contribution is 2.17. The van der Waals surface area contributed by atoms with Crippen molar-refractivity contribution in [2.24, 2.45) is 11.1 Å². The highest BCUT2D eigenvalue weighted by molar-refractivity contribution is 5.79. The third-order valence-corrected chi connectivity index (χ3v) is 1.55. The molecule has 0 spiro atoms. The summed E-state index contributed by atoms with van der Waals surface area (Å²) in [6.07, 6.45) is 3.12. The molecule has 14 heavy (non-hydrogen) atoms. The molecule has 0 saturated carbocycles. The van der Waals surface area contributed by atoms with Crippen molar-refractivity contribution in [2.45, 2.75) is 33.4 Å². The molecule has 1 unspecified atom stereocenters. The van der Waals surface area contributed by atoms with Gasteiger partial charge in [0.25, 0.3) is 0 Å². The third kappa shape index (κ3) is 4.39. The summed E-state index contributed by atoms with van der Waals surface area (Å²) in [5, 5.41) is 8.86. The minimum atomic E-state index is -1.71. The average molecular weight is 201 g/mol. The Hall–Kier alpha value is -0.870. The lowest BCUT2D eigenvalue weighted by Crippen LogP contribution is -2.48. The zero-order chi connectivity index (χ0) is 11.4. The van der Waals surface area contributed by atoms with Gasteiger partial charge in [0.2, 0.25) is 5.72 Å². The molecule has 0 aliphatic heterocycles. The van der Waals surface area contributed by atoms with Crippen LogP contribution in [0.25, 0.3) is 0 Å². The molecule has 0 aliphatic rings. The van der Waals surface area contributed by atoms with Crippen molar-refractivity contribution < 1.29 is 14.6 Å². The number of nitrogens with two attached hydrogens (primary N) is 1. The molecule has 0 amide bonds. The van der Waals surface area contributed by atoms with E-state index in [0.717, 1.165) is 0 Å². The molecule has 0 saturated heterocycles. The number of hydrogen-bond acceptors (Lipinski definition) is 3. The van der Waals surface area contributed by atoms with Gasteiger partial charge in [-0.15, -0.1) is 0 Å². The van der Waals surface area contributed by atoms with Crippen LogP contribution in [0.5, 0.6) is 0 Å². The summed E-state index contributed by atoms with van der Waals surface area (Å²) in [4.78, 5) is 10.8. The number of carbonyl (C=O) groups is 1. The van der Waals surface area contributed by atoms with Gasteiger partial charge in [-0.1, -0.05) is 26.8 Å². The molecule has 82 valence electrons. The highest BCUT2D eigenvalue weighted by Gasteiger charge is 2.31. The number of carboxylic acids is 1. The van der Waals surface area contributed by atoms with E-state index in [1.807, 2.05) is 20.8 Å². The molecule has 0 aromatic rings. The fraction of sp³-hybridized carbons (Fsp3) is 0.700. The van der Waals surface area contributed by atoms with Crippen LogP contribution in [0.1, 0.15) is 27.7 Å². The smallest absolute Gasteiger partial charge is 0.355 e. The van der Waals surface area contributed by atoms with Gasteiger partial charge >= 0.3 is 5.97 Å². The van der Waals surface area contributed by atoms with Crippen LogP contribution in [0.3, 0.4) is 0 Å². The van der Waals surface area contributed by atoms with Crippen molar-refractivity contribution in [3.8, 4) is 0 Å². The second-order valence-electron chi connectivity index (χ2n) is 4.23. The Morgan fingerprint density at radius 3 is 2.21 bits per heavy atom. The van der Waals surface area contributed by atoms with Gasteiger partial charge in [0, 0.05) is 6.61 Å². The van der Waals surface area contributed by atoms with E-state index in [4.69, 9.17) is 15.6 Å². The van der Waals surface area contributed by atoms with Crippen LogP contribution in [0.4, 0.5) is 0 Å². The van der Waals surface area contributed by atoms with Crippen molar-refractivity contribution >= 4 is 5.97 Å². The van der Waals surface area contributed by atoms with E-state index in [9.17, 15) is 4.79 Å². The summed E-state index contributed by atoms with van der Waals surface area (Å²) in [5.41, 5.74) is 3.73. The molecule has 1 atom stereocenters. The molecular formula is C10H19NO3. The van der Waals surface area contributed by atoms with E-state index in [1.54, 1.807) is 13.0 Å². The summed E-state index contributed by atoms with van der Waals surface area (Å²) >= 11 is 0. The standard InChI is InChI=1S/C10H19NO3/c1-5-14-10(11,8(12)13)7-6-9(2,3)4/h6-7H,5,11H2,1-4H3,(H,12,13). The van der Waals surface area contributed by atoms with Crippen LogP contribution < -0.4 is 5.73 Å². The van der Waals surface area contributed by atoms with Crippen LogP contribution in [0.2, 0.25) is 0 Å². The van der Waals surface area contributed by atoms with E-state index in [0.29, 0.717) is 0 Å². The summed E-state index contributed by atoms with van der Waals surface area (Å²) < 4.78 is 4.98. The molecule has 0 fully saturated rings. The number of aliphatic carboxylic acids is 1. The normalized spacial score (nSPS) is 16.9. The van der Waals surface area contributed by atoms with Crippen LogP contribution in [0.15, 0.2) is 12.2 Å². The van der Waals surface area contributed by atoms with Gasteiger partial charge in [-0.2, -0.15) is 0 Å². The number of carboxylic acid groups (broad SMARTS) is 1. The maximum Gasteiger partial charge on any atom is 0.355 e. The zero-order valence-corrected chi connectivity index (χ0v) is 9.20. The second kappa shape index (κ2) is 4.57. The van der Waals surface area contributed by atoms with Gasteiger partial charge in [-0.3, -0.25) is 5.73 Å². The molecule has 0 radical (unpaired) electrons. The molecular weight excluding hydrogens is 182 g/mol. The quantitative estimate of drug-likeness (QED) is 0.532. The van der Waals surface area contributed by atoms with Crippen molar-refractivity contribution in [3.63, 3.8) is 0 Å². The Kier molecular flexibility index (Phi) is 4.29. The fourth-order valence-electron chi connectivity index (χ4n) is 0.794. The molecule has 0 aliphatic carbocycles. The van der Waals surface area contributed by atoms with E-state index in [-0.39, 0.29) is 12.0 Å². The van der Waals surface area contributed by atoms with Crippen molar-refractivity contribution in [1.29, 1.82) is 0 Å². The lowest BCUT2D eigenvalue weighted by atomic mass is 9.95. The topological polar surface area (TPSA) is 72.5 Å². The molecule has 4 nitrogen and oxygen atoms in total. The van der Waals surface area contributed by atoms with Crippen LogP contribution in [0, 0.1) is 5.41 Å². The first kappa shape index (κ1) is 13.1. The maximum atomic E-state index is 10.8. The molecule has 3 N–H and O–H groups in total. The van der Waals surface area contributed by atoms with E-state index in [2.05, 4.69) is 0 Å². The van der Waals surface area contributed by atoms with Gasteiger partial charge in [-0.05, 0) is 18.4 Å². The maximum absolute atomic E-state index is 10.8. The SMILES string of the molecule is CCOC(N)(C=CC(C)(C)C)C(=O)O. The first-order valence-electron chi connectivity index (χ1n) is 4.58. The average Bonchev–Trinajstić information content (AvgIpc) is 2.00. The number of rotatable bonds is 4. The van der Waals surface area contributed by atoms with Gasteiger partial charge in [0.15, 0.2) is 0 Å². The molecule has 0 aromatic carbocycles. The second-order valence-corrected chi connectivity index (χ2v) is 4.23. The minimum absolute atomic E-state index is 0.114. The summed E-state index contributed by atoms with van der Waals surface area (Å²) in [5.74, 6) is -1.18. The Morgan fingerprint density at radius 1 is 1.43 bits per heavy atom. The zero-order valence-electron chi connectivity index (χ0n) is 9.20. The van der Waals surface area contributed by atoms with E-state index in [1.165, 1.54) is 6.08 Å². The minimum Gasteiger partial charge on any atom is -0.478 e. The van der Waals surface area contributed by atoms with Gasteiger partial charge in [0.05, 0.1) is 0 Å². The Bertz CT molecular complexity index is 230. The Balaban J connectivity index is 4.69. The first-order chi connectivity index (χ1) is 6.21. The third-order valence-electron chi connectivity index (χ3n) is 1.55. The Morgan fingerprint density at radius 2 is 1.93 bits per heavy atom. The van der Waals surface area contributed by atoms with Gasteiger partial charge in [0.1, 0.15) is 0 Å². The van der Waals surface area contributed by atoms with Crippen LogP contribution in [-0.4, -0.2) is 23.4 Å². The van der Waals surface area contributed by atoms with Crippen molar-refractivity contribution in [1.82, 2.24) is 0 Å². The van der Waals surface area contributed by atoms with Crippen molar-refractivity contribution in [3.05, 3.63) is 12.2 Å². The van der Waals surface area contributed by atoms with E-state index < -0.39 is 11.7 Å². The molecule has 0 aromatic heterocycles. The predicted molar refractivity (Wildman–Crippen MR) is 54.8 cm³/mol. The van der Waals surface area contributed by atoms with E-state index >= 15 is 0 Å². The Labute approximate surface area is 84.7 Å². The summed E-state index contributed by atoms with van der Waals surface area (Å²) in [6.45, 7) is 7.83.